The largest absolute Gasteiger partial charge is 0.366 e. The number of nitrogens with zero attached hydrogens (tertiary/aromatic N) is 1. The van der Waals surface area contributed by atoms with Crippen molar-refractivity contribution in [2.24, 2.45) is 5.73 Å². The van der Waals surface area contributed by atoms with Gasteiger partial charge in [0.25, 0.3) is 11.8 Å². The van der Waals surface area contributed by atoms with Crippen molar-refractivity contribution in [3.05, 3.63) is 88.0 Å². The number of benzene rings is 2. The second-order valence-electron chi connectivity index (χ2n) is 7.32. The molecule has 32 heavy (non-hydrogen) atoms. The van der Waals surface area contributed by atoms with E-state index in [1.165, 1.54) is 24.3 Å². The third-order valence-corrected chi connectivity index (χ3v) is 5.17. The van der Waals surface area contributed by atoms with Crippen LogP contribution in [0.4, 0.5) is 4.39 Å². The van der Waals surface area contributed by atoms with Crippen LogP contribution in [0, 0.1) is 12.7 Å². The van der Waals surface area contributed by atoms with E-state index < -0.39 is 17.5 Å². The standard InChI is InChI=1S/C25H24FN3O3/c1-4-21-18(24(27)31)10-11-22(29-21)23(30)17-9-8-15(13-20(17)26)19-12-16(7-6-14(19)3)25(32)28-5-2/h6-13H,4-5H2,1-3H3,(H2,27,31)(H,28,32). The zero-order valence-electron chi connectivity index (χ0n) is 18.2. The molecule has 1 heterocycles. The first-order valence-electron chi connectivity index (χ1n) is 10.3. The van der Waals surface area contributed by atoms with E-state index in [9.17, 15) is 18.8 Å². The van der Waals surface area contributed by atoms with Crippen LogP contribution in [0.1, 0.15) is 61.9 Å². The molecule has 0 bridgehead atoms. The number of ketones is 1. The third kappa shape index (κ3) is 4.56. The van der Waals surface area contributed by atoms with Crippen LogP contribution in [0.25, 0.3) is 11.1 Å². The fraction of sp³-hybridized carbons (Fsp3) is 0.200. The number of primary amides is 1. The highest BCUT2D eigenvalue weighted by atomic mass is 19.1. The van der Waals surface area contributed by atoms with E-state index in [0.29, 0.717) is 35.3 Å². The predicted octanol–water partition coefficient (Wildman–Crippen LogP) is 3.84. The SMILES string of the molecule is CCNC(=O)c1ccc(C)c(-c2ccc(C(=O)c3ccc(C(N)=O)c(CC)n3)c(F)c2)c1. The van der Waals surface area contributed by atoms with Gasteiger partial charge in [0.05, 0.1) is 16.8 Å². The van der Waals surface area contributed by atoms with E-state index in [1.54, 1.807) is 31.2 Å². The summed E-state index contributed by atoms with van der Waals surface area (Å²) < 4.78 is 15.0. The van der Waals surface area contributed by atoms with Crippen molar-refractivity contribution in [3.63, 3.8) is 0 Å². The van der Waals surface area contributed by atoms with Crippen molar-refractivity contribution in [1.82, 2.24) is 10.3 Å². The molecule has 3 N–H and O–H groups in total. The van der Waals surface area contributed by atoms with Gasteiger partial charge >= 0.3 is 0 Å². The normalized spacial score (nSPS) is 10.6. The van der Waals surface area contributed by atoms with E-state index >= 15 is 0 Å². The summed E-state index contributed by atoms with van der Waals surface area (Å²) in [5.41, 5.74) is 8.45. The first-order valence-corrected chi connectivity index (χ1v) is 10.3. The summed E-state index contributed by atoms with van der Waals surface area (Å²) in [7, 11) is 0. The Bertz CT molecular complexity index is 1220. The van der Waals surface area contributed by atoms with Crippen molar-refractivity contribution in [2.45, 2.75) is 27.2 Å². The summed E-state index contributed by atoms with van der Waals surface area (Å²) in [5, 5.41) is 2.74. The van der Waals surface area contributed by atoms with Gasteiger partial charge in [0.15, 0.2) is 0 Å². The average molecular weight is 433 g/mol. The number of hydrogen-bond acceptors (Lipinski definition) is 4. The van der Waals surface area contributed by atoms with Crippen LogP contribution < -0.4 is 11.1 Å². The van der Waals surface area contributed by atoms with Gasteiger partial charge in [-0.15, -0.1) is 0 Å². The quantitative estimate of drug-likeness (QED) is 0.553. The lowest BCUT2D eigenvalue weighted by Gasteiger charge is -2.11. The minimum absolute atomic E-state index is 0.0351. The molecule has 0 aliphatic rings. The molecule has 7 heteroatoms. The lowest BCUT2D eigenvalue weighted by Crippen LogP contribution is -2.22. The molecule has 0 atom stereocenters. The fourth-order valence-electron chi connectivity index (χ4n) is 3.46. The number of nitrogens with two attached hydrogens (primary N) is 1. The molecule has 0 fully saturated rings. The second kappa shape index (κ2) is 9.51. The zero-order valence-corrected chi connectivity index (χ0v) is 18.2. The Morgan fingerprint density at radius 3 is 2.34 bits per heavy atom. The zero-order chi connectivity index (χ0) is 23.4. The third-order valence-electron chi connectivity index (χ3n) is 5.17. The topological polar surface area (TPSA) is 102 Å². The molecule has 0 radical (unpaired) electrons. The van der Waals surface area contributed by atoms with E-state index in [4.69, 9.17) is 5.73 Å². The van der Waals surface area contributed by atoms with Gasteiger partial charge in [-0.3, -0.25) is 14.4 Å². The molecule has 0 aliphatic carbocycles. The summed E-state index contributed by atoms with van der Waals surface area (Å²) in [6, 6.07) is 12.3. The molecule has 164 valence electrons. The number of aromatic nitrogens is 1. The van der Waals surface area contributed by atoms with E-state index in [1.807, 2.05) is 13.8 Å². The number of pyridine rings is 1. The number of carbonyl (C=O) groups is 3. The van der Waals surface area contributed by atoms with Crippen molar-refractivity contribution in [3.8, 4) is 11.1 Å². The Kier molecular flexibility index (Phi) is 6.78. The summed E-state index contributed by atoms with van der Waals surface area (Å²) >= 11 is 0. The van der Waals surface area contributed by atoms with Crippen molar-refractivity contribution >= 4 is 17.6 Å². The van der Waals surface area contributed by atoms with Crippen LogP contribution in [0.15, 0.2) is 48.5 Å². The Hall–Kier alpha value is -3.87. The molecule has 0 unspecified atom stereocenters. The van der Waals surface area contributed by atoms with Crippen LogP contribution in [0.3, 0.4) is 0 Å². The maximum absolute atomic E-state index is 15.0. The van der Waals surface area contributed by atoms with Gasteiger partial charge in [0.1, 0.15) is 11.5 Å². The van der Waals surface area contributed by atoms with E-state index in [0.717, 1.165) is 5.56 Å². The average Bonchev–Trinajstić information content (AvgIpc) is 2.78. The van der Waals surface area contributed by atoms with Gasteiger partial charge in [-0.1, -0.05) is 19.1 Å². The highest BCUT2D eigenvalue weighted by Crippen LogP contribution is 2.27. The Morgan fingerprint density at radius 2 is 1.72 bits per heavy atom. The summed E-state index contributed by atoms with van der Waals surface area (Å²) in [6.07, 6.45) is 0.405. The number of amides is 2. The molecule has 3 aromatic rings. The molecule has 0 spiro atoms. The lowest BCUT2D eigenvalue weighted by molar-refractivity contribution is 0.0954. The Balaban J connectivity index is 1.97. The molecule has 0 aliphatic heterocycles. The number of carbonyl (C=O) groups excluding carboxylic acids is 3. The second-order valence-corrected chi connectivity index (χ2v) is 7.32. The van der Waals surface area contributed by atoms with E-state index in [-0.39, 0.29) is 22.7 Å². The highest BCUT2D eigenvalue weighted by molar-refractivity contribution is 6.08. The van der Waals surface area contributed by atoms with Crippen LogP contribution >= 0.6 is 0 Å². The maximum Gasteiger partial charge on any atom is 0.251 e. The molecule has 0 saturated heterocycles. The fourth-order valence-corrected chi connectivity index (χ4v) is 3.46. The maximum atomic E-state index is 15.0. The number of rotatable bonds is 7. The minimum Gasteiger partial charge on any atom is -0.366 e. The summed E-state index contributed by atoms with van der Waals surface area (Å²) in [5.74, 6) is -2.13. The highest BCUT2D eigenvalue weighted by Gasteiger charge is 2.19. The van der Waals surface area contributed by atoms with Crippen molar-refractivity contribution < 1.29 is 18.8 Å². The van der Waals surface area contributed by atoms with Crippen molar-refractivity contribution in [1.29, 1.82) is 0 Å². The molecule has 2 aromatic carbocycles. The Morgan fingerprint density at radius 1 is 1.00 bits per heavy atom. The molecule has 6 nitrogen and oxygen atoms in total. The summed E-state index contributed by atoms with van der Waals surface area (Å²) in [6.45, 7) is 5.99. The number of halogens is 1. The molecule has 3 rings (SSSR count). The molecular formula is C25H24FN3O3. The van der Waals surface area contributed by atoms with Gasteiger partial charge in [-0.05, 0) is 73.4 Å². The van der Waals surface area contributed by atoms with Gasteiger partial charge in [-0.25, -0.2) is 9.37 Å². The van der Waals surface area contributed by atoms with E-state index in [2.05, 4.69) is 10.3 Å². The van der Waals surface area contributed by atoms with Crippen LogP contribution in [-0.4, -0.2) is 29.1 Å². The first-order chi connectivity index (χ1) is 15.3. The molecule has 1 aromatic heterocycles. The predicted molar refractivity (Wildman–Crippen MR) is 120 cm³/mol. The van der Waals surface area contributed by atoms with Gasteiger partial charge < -0.3 is 11.1 Å². The number of hydrogen-bond donors (Lipinski definition) is 2. The summed E-state index contributed by atoms with van der Waals surface area (Å²) in [4.78, 5) is 40.7. The van der Waals surface area contributed by atoms with Gasteiger partial charge in [0, 0.05) is 12.1 Å². The minimum atomic E-state index is -0.700. The van der Waals surface area contributed by atoms with Crippen molar-refractivity contribution in [2.75, 3.05) is 6.54 Å². The Labute approximate surface area is 185 Å². The molecular weight excluding hydrogens is 409 g/mol. The smallest absolute Gasteiger partial charge is 0.251 e. The van der Waals surface area contributed by atoms with Crippen LogP contribution in [0.2, 0.25) is 0 Å². The molecule has 2 amide bonds. The number of nitrogens with one attached hydrogen (secondary N) is 1. The molecule has 0 saturated carbocycles. The van der Waals surface area contributed by atoms with Crippen LogP contribution in [-0.2, 0) is 6.42 Å². The monoisotopic (exact) mass is 433 g/mol. The van der Waals surface area contributed by atoms with Gasteiger partial charge in [0.2, 0.25) is 5.78 Å². The first kappa shape index (κ1) is 22.8. The number of aryl methyl sites for hydroxylation is 2. The van der Waals surface area contributed by atoms with Gasteiger partial charge in [-0.2, -0.15) is 0 Å². The van der Waals surface area contributed by atoms with Crippen LogP contribution in [0.5, 0.6) is 0 Å². The lowest BCUT2D eigenvalue weighted by atomic mass is 9.95.